The van der Waals surface area contributed by atoms with E-state index in [-0.39, 0.29) is 12.3 Å². The Morgan fingerprint density at radius 2 is 2.04 bits per heavy atom. The number of hydrogen-bond acceptors (Lipinski definition) is 4. The van der Waals surface area contributed by atoms with Crippen molar-refractivity contribution in [2.24, 2.45) is 0 Å². The van der Waals surface area contributed by atoms with Crippen LogP contribution in [0.1, 0.15) is 29.2 Å². The molecule has 2 aromatic carbocycles. The van der Waals surface area contributed by atoms with Gasteiger partial charge in [0.15, 0.2) is 0 Å². The molecule has 0 spiro atoms. The fraction of sp³-hybridized carbons (Fsp3) is 0.158. The summed E-state index contributed by atoms with van der Waals surface area (Å²) in [5.74, 6) is -0.207. The van der Waals surface area contributed by atoms with E-state index >= 15 is 0 Å². The Hall–Kier alpha value is -3.28. The average Bonchev–Trinajstić information content (AvgIpc) is 3.10. The maximum absolute atomic E-state index is 12.5. The fourth-order valence-electron chi connectivity index (χ4n) is 3.26. The van der Waals surface area contributed by atoms with E-state index in [9.17, 15) is 14.7 Å². The third-order valence-electron chi connectivity index (χ3n) is 4.37. The second-order valence-electron chi connectivity index (χ2n) is 5.86. The SMILES string of the molecule is COc1ccc2c(c1)C(CC(=O)O)O/C2=C1/C(=O)Nc2ccccc21. The first-order valence-electron chi connectivity index (χ1n) is 7.80. The molecular formula is C19H15NO5. The normalized spacial score (nSPS) is 20.5. The summed E-state index contributed by atoms with van der Waals surface area (Å²) in [6.07, 6.45) is -0.856. The topological polar surface area (TPSA) is 84.9 Å². The minimum Gasteiger partial charge on any atom is -0.497 e. The average molecular weight is 337 g/mol. The molecule has 6 nitrogen and oxygen atoms in total. The molecule has 2 heterocycles. The van der Waals surface area contributed by atoms with Crippen molar-refractivity contribution in [3.8, 4) is 5.75 Å². The molecular weight excluding hydrogens is 322 g/mol. The third-order valence-corrected chi connectivity index (χ3v) is 4.37. The molecule has 1 unspecified atom stereocenters. The summed E-state index contributed by atoms with van der Waals surface area (Å²) >= 11 is 0. The highest BCUT2D eigenvalue weighted by atomic mass is 16.5. The van der Waals surface area contributed by atoms with Crippen molar-refractivity contribution in [2.75, 3.05) is 12.4 Å². The zero-order chi connectivity index (χ0) is 17.6. The number of aliphatic carboxylic acids is 1. The Morgan fingerprint density at radius 3 is 2.80 bits per heavy atom. The molecule has 2 aliphatic rings. The molecule has 126 valence electrons. The molecule has 0 saturated carbocycles. The molecule has 2 aliphatic heterocycles. The van der Waals surface area contributed by atoms with Gasteiger partial charge in [0.25, 0.3) is 5.91 Å². The van der Waals surface area contributed by atoms with E-state index in [4.69, 9.17) is 9.47 Å². The van der Waals surface area contributed by atoms with Crippen LogP contribution in [0.5, 0.6) is 5.75 Å². The van der Waals surface area contributed by atoms with E-state index in [1.54, 1.807) is 25.3 Å². The lowest BCUT2D eigenvalue weighted by Crippen LogP contribution is -2.07. The summed E-state index contributed by atoms with van der Waals surface area (Å²) in [7, 11) is 1.55. The number of benzene rings is 2. The maximum Gasteiger partial charge on any atom is 0.307 e. The Morgan fingerprint density at radius 1 is 1.24 bits per heavy atom. The summed E-state index contributed by atoms with van der Waals surface area (Å²) in [5, 5.41) is 12.0. The van der Waals surface area contributed by atoms with Crippen molar-refractivity contribution in [1.29, 1.82) is 0 Å². The number of anilines is 1. The van der Waals surface area contributed by atoms with Gasteiger partial charge >= 0.3 is 5.97 Å². The zero-order valence-corrected chi connectivity index (χ0v) is 13.4. The monoisotopic (exact) mass is 337 g/mol. The van der Waals surface area contributed by atoms with Crippen LogP contribution in [0.25, 0.3) is 11.3 Å². The highest BCUT2D eigenvalue weighted by molar-refractivity contribution is 6.36. The van der Waals surface area contributed by atoms with Gasteiger partial charge in [0.05, 0.1) is 19.1 Å². The number of hydrogen-bond donors (Lipinski definition) is 2. The Bertz CT molecular complexity index is 931. The van der Waals surface area contributed by atoms with Crippen molar-refractivity contribution in [2.45, 2.75) is 12.5 Å². The van der Waals surface area contributed by atoms with Gasteiger partial charge in [-0.3, -0.25) is 9.59 Å². The van der Waals surface area contributed by atoms with Gasteiger partial charge in [-0.1, -0.05) is 18.2 Å². The smallest absolute Gasteiger partial charge is 0.307 e. The lowest BCUT2D eigenvalue weighted by molar-refractivity contribution is -0.139. The van der Waals surface area contributed by atoms with E-state index in [0.29, 0.717) is 28.2 Å². The molecule has 0 aliphatic carbocycles. The number of carbonyl (C=O) groups excluding carboxylic acids is 1. The van der Waals surface area contributed by atoms with Crippen LogP contribution in [-0.4, -0.2) is 24.1 Å². The van der Waals surface area contributed by atoms with Crippen molar-refractivity contribution >= 4 is 28.9 Å². The minimum absolute atomic E-state index is 0.194. The molecule has 25 heavy (non-hydrogen) atoms. The van der Waals surface area contributed by atoms with Gasteiger partial charge in [-0.2, -0.15) is 0 Å². The lowest BCUT2D eigenvalue weighted by Gasteiger charge is -2.10. The van der Waals surface area contributed by atoms with Crippen LogP contribution in [0.4, 0.5) is 5.69 Å². The summed E-state index contributed by atoms with van der Waals surface area (Å²) in [4.78, 5) is 23.7. The van der Waals surface area contributed by atoms with Crippen LogP contribution < -0.4 is 10.1 Å². The van der Waals surface area contributed by atoms with Crippen molar-refractivity contribution in [1.82, 2.24) is 0 Å². The minimum atomic E-state index is -0.971. The Kier molecular flexibility index (Phi) is 3.46. The first-order valence-corrected chi connectivity index (χ1v) is 7.80. The highest BCUT2D eigenvalue weighted by Crippen LogP contribution is 2.47. The molecule has 0 radical (unpaired) electrons. The number of para-hydroxylation sites is 1. The number of carboxylic acids is 1. The fourth-order valence-corrected chi connectivity index (χ4v) is 3.26. The van der Waals surface area contributed by atoms with Gasteiger partial charge in [-0.15, -0.1) is 0 Å². The number of carbonyl (C=O) groups is 2. The zero-order valence-electron chi connectivity index (χ0n) is 13.4. The van der Waals surface area contributed by atoms with E-state index in [2.05, 4.69) is 5.32 Å². The van der Waals surface area contributed by atoms with E-state index in [0.717, 1.165) is 11.3 Å². The van der Waals surface area contributed by atoms with E-state index in [1.807, 2.05) is 24.3 Å². The van der Waals surface area contributed by atoms with Crippen LogP contribution >= 0.6 is 0 Å². The molecule has 6 heteroatoms. The van der Waals surface area contributed by atoms with Gasteiger partial charge in [0, 0.05) is 22.4 Å². The first-order chi connectivity index (χ1) is 12.1. The van der Waals surface area contributed by atoms with Gasteiger partial charge in [-0.25, -0.2) is 0 Å². The van der Waals surface area contributed by atoms with Crippen molar-refractivity contribution < 1.29 is 24.2 Å². The second kappa shape index (κ2) is 5.66. The van der Waals surface area contributed by atoms with E-state index in [1.165, 1.54) is 0 Å². The highest BCUT2D eigenvalue weighted by Gasteiger charge is 2.37. The molecule has 0 aromatic heterocycles. The number of ether oxygens (including phenoxy) is 2. The van der Waals surface area contributed by atoms with Crippen LogP contribution in [-0.2, 0) is 14.3 Å². The van der Waals surface area contributed by atoms with Crippen LogP contribution in [0.2, 0.25) is 0 Å². The summed E-state index contributed by atoms with van der Waals surface area (Å²) in [6, 6.07) is 12.7. The molecule has 1 atom stereocenters. The first kappa shape index (κ1) is 15.3. The summed E-state index contributed by atoms with van der Waals surface area (Å²) < 4.78 is 11.2. The molecule has 0 saturated heterocycles. The molecule has 2 aromatic rings. The van der Waals surface area contributed by atoms with Gasteiger partial charge < -0.3 is 19.9 Å². The number of methoxy groups -OCH3 is 1. The number of carboxylic acid groups (broad SMARTS) is 1. The van der Waals surface area contributed by atoms with Crippen molar-refractivity contribution in [3.63, 3.8) is 0 Å². The maximum atomic E-state index is 12.5. The van der Waals surface area contributed by atoms with Crippen molar-refractivity contribution in [3.05, 3.63) is 59.2 Å². The molecule has 2 N–H and O–H groups in total. The van der Waals surface area contributed by atoms with Crippen LogP contribution in [0.3, 0.4) is 0 Å². The Balaban J connectivity index is 1.90. The number of amides is 1. The van der Waals surface area contributed by atoms with E-state index < -0.39 is 12.1 Å². The van der Waals surface area contributed by atoms with Gasteiger partial charge in [0.1, 0.15) is 17.6 Å². The van der Waals surface area contributed by atoms with Crippen LogP contribution in [0, 0.1) is 0 Å². The molecule has 1 amide bonds. The molecule has 0 fully saturated rings. The number of rotatable bonds is 3. The van der Waals surface area contributed by atoms with Crippen LogP contribution in [0.15, 0.2) is 42.5 Å². The summed E-state index contributed by atoms with van der Waals surface area (Å²) in [5.41, 5.74) is 3.32. The van der Waals surface area contributed by atoms with Gasteiger partial charge in [0.2, 0.25) is 0 Å². The predicted molar refractivity (Wildman–Crippen MR) is 91.0 cm³/mol. The largest absolute Gasteiger partial charge is 0.497 e. The Labute approximate surface area is 143 Å². The second-order valence-corrected chi connectivity index (χ2v) is 5.86. The molecule has 4 rings (SSSR count). The van der Waals surface area contributed by atoms with Gasteiger partial charge in [-0.05, 0) is 24.3 Å². The lowest BCUT2D eigenvalue weighted by atomic mass is 9.98. The third kappa shape index (κ3) is 2.42. The quantitative estimate of drug-likeness (QED) is 0.841. The number of nitrogens with one attached hydrogen (secondary N) is 1. The summed E-state index contributed by atoms with van der Waals surface area (Å²) in [6.45, 7) is 0. The predicted octanol–water partition coefficient (Wildman–Crippen LogP) is 3.06. The standard InChI is InChI=1S/C19H15NO5/c1-24-10-6-7-11-13(8-10)15(9-16(21)22)25-18(11)17-12-4-2-3-5-14(12)20-19(17)23/h2-8,15H,9H2,1H3,(H,20,23)(H,21,22)/b18-17+. The number of fused-ring (bicyclic) bond motifs is 2. The molecule has 0 bridgehead atoms.